The van der Waals surface area contributed by atoms with E-state index in [0.29, 0.717) is 6.04 Å². The molecule has 0 aliphatic heterocycles. The Morgan fingerprint density at radius 1 is 1.32 bits per heavy atom. The highest BCUT2D eigenvalue weighted by atomic mass is 35.5. The average molecular weight is 332 g/mol. The van der Waals surface area contributed by atoms with E-state index >= 15 is 0 Å². The molecule has 1 saturated carbocycles. The maximum atomic E-state index is 6.17. The van der Waals surface area contributed by atoms with E-state index in [1.165, 1.54) is 12.8 Å². The minimum atomic E-state index is 0.515. The summed E-state index contributed by atoms with van der Waals surface area (Å²) in [6, 6.07) is 12.3. The van der Waals surface area contributed by atoms with Crippen molar-refractivity contribution in [2.45, 2.75) is 32.4 Å². The van der Waals surface area contributed by atoms with Crippen molar-refractivity contribution >= 4 is 34.6 Å². The van der Waals surface area contributed by atoms with Gasteiger partial charge < -0.3 is 10.2 Å². The second-order valence-electron chi connectivity index (χ2n) is 5.52. The van der Waals surface area contributed by atoms with Gasteiger partial charge in [-0.15, -0.1) is 0 Å². The fourth-order valence-corrected chi connectivity index (χ4v) is 2.85. The van der Waals surface area contributed by atoms with Gasteiger partial charge in [0, 0.05) is 22.9 Å². The van der Waals surface area contributed by atoms with Gasteiger partial charge in [0.05, 0.1) is 12.2 Å². The van der Waals surface area contributed by atoms with Gasteiger partial charge in [0.15, 0.2) is 5.11 Å². The fourth-order valence-electron chi connectivity index (χ4n) is 2.35. The number of nitrogens with zero attached hydrogens (tertiary/aromatic N) is 2. The Bertz CT molecular complexity index is 671. The van der Waals surface area contributed by atoms with Crippen LogP contribution in [-0.2, 0) is 6.54 Å². The molecule has 0 radical (unpaired) electrons. The molecule has 1 N–H and O–H groups in total. The molecule has 0 atom stereocenters. The Kier molecular flexibility index (Phi) is 4.60. The van der Waals surface area contributed by atoms with Gasteiger partial charge in [-0.2, -0.15) is 0 Å². The Labute approximate surface area is 141 Å². The van der Waals surface area contributed by atoms with Crippen LogP contribution in [0.25, 0.3) is 0 Å². The molecule has 1 aromatic heterocycles. The van der Waals surface area contributed by atoms with Crippen LogP contribution in [0.3, 0.4) is 0 Å². The quantitative estimate of drug-likeness (QED) is 0.840. The molecule has 0 spiro atoms. The first-order valence-corrected chi connectivity index (χ1v) is 8.16. The summed E-state index contributed by atoms with van der Waals surface area (Å²) in [5.41, 5.74) is 3.01. The third-order valence-corrected chi connectivity index (χ3v) is 4.56. The highest BCUT2D eigenvalue weighted by molar-refractivity contribution is 7.80. The first-order valence-electron chi connectivity index (χ1n) is 7.38. The summed E-state index contributed by atoms with van der Waals surface area (Å²) in [5, 5.41) is 4.82. The molecule has 1 heterocycles. The fraction of sp³-hybridized carbons (Fsp3) is 0.294. The van der Waals surface area contributed by atoms with Gasteiger partial charge in [-0.1, -0.05) is 23.7 Å². The van der Waals surface area contributed by atoms with Crippen LogP contribution in [-0.4, -0.2) is 21.0 Å². The molecule has 1 aliphatic rings. The SMILES string of the molecule is Cc1c(Cl)cccc1NC(=S)N(Cc1ccccn1)C1CC1. The molecule has 1 aromatic carbocycles. The number of nitrogens with one attached hydrogen (secondary N) is 1. The lowest BCUT2D eigenvalue weighted by molar-refractivity contribution is 0.404. The summed E-state index contributed by atoms with van der Waals surface area (Å²) in [6.07, 6.45) is 4.18. The van der Waals surface area contributed by atoms with Crippen LogP contribution >= 0.6 is 23.8 Å². The molecule has 5 heteroatoms. The van der Waals surface area contributed by atoms with Crippen molar-refractivity contribution in [1.29, 1.82) is 0 Å². The van der Waals surface area contributed by atoms with Crippen molar-refractivity contribution in [3.8, 4) is 0 Å². The van der Waals surface area contributed by atoms with Crippen molar-refractivity contribution < 1.29 is 0 Å². The Balaban J connectivity index is 1.74. The largest absolute Gasteiger partial charge is 0.340 e. The minimum absolute atomic E-state index is 0.515. The molecule has 0 bridgehead atoms. The van der Waals surface area contributed by atoms with Crippen LogP contribution < -0.4 is 5.32 Å². The topological polar surface area (TPSA) is 28.2 Å². The maximum Gasteiger partial charge on any atom is 0.174 e. The molecule has 0 unspecified atom stereocenters. The Morgan fingerprint density at radius 3 is 2.82 bits per heavy atom. The zero-order chi connectivity index (χ0) is 15.5. The molecule has 22 heavy (non-hydrogen) atoms. The number of aromatic nitrogens is 1. The molecule has 1 fully saturated rings. The molecule has 3 nitrogen and oxygen atoms in total. The average Bonchev–Trinajstić information content (AvgIpc) is 3.35. The Morgan fingerprint density at radius 2 is 2.14 bits per heavy atom. The number of pyridine rings is 1. The summed E-state index contributed by atoms with van der Waals surface area (Å²) in [7, 11) is 0. The van der Waals surface area contributed by atoms with Crippen molar-refractivity contribution in [2.75, 3.05) is 5.32 Å². The van der Waals surface area contributed by atoms with E-state index in [1.54, 1.807) is 0 Å². The summed E-state index contributed by atoms with van der Waals surface area (Å²) >= 11 is 11.8. The second kappa shape index (κ2) is 6.63. The first kappa shape index (κ1) is 15.3. The van der Waals surface area contributed by atoms with Crippen LogP contribution in [0, 0.1) is 6.92 Å². The lowest BCUT2D eigenvalue weighted by atomic mass is 10.2. The molecular weight excluding hydrogens is 314 g/mol. The van der Waals surface area contributed by atoms with Gasteiger partial charge in [-0.3, -0.25) is 4.98 Å². The molecule has 1 aliphatic carbocycles. The highest BCUT2D eigenvalue weighted by Crippen LogP contribution is 2.30. The first-order chi connectivity index (χ1) is 10.6. The summed E-state index contributed by atoms with van der Waals surface area (Å²) in [6.45, 7) is 2.73. The highest BCUT2D eigenvalue weighted by Gasteiger charge is 2.31. The maximum absolute atomic E-state index is 6.17. The van der Waals surface area contributed by atoms with Crippen molar-refractivity contribution in [1.82, 2.24) is 9.88 Å². The van der Waals surface area contributed by atoms with Crippen molar-refractivity contribution in [2.24, 2.45) is 0 Å². The summed E-state index contributed by atoms with van der Waals surface area (Å²) in [4.78, 5) is 6.62. The van der Waals surface area contributed by atoms with Crippen molar-refractivity contribution in [3.05, 3.63) is 58.9 Å². The summed E-state index contributed by atoms with van der Waals surface area (Å²) < 4.78 is 0. The number of anilines is 1. The monoisotopic (exact) mass is 331 g/mol. The third kappa shape index (κ3) is 3.57. The van der Waals surface area contributed by atoms with Gasteiger partial charge >= 0.3 is 0 Å². The zero-order valence-corrected chi connectivity index (χ0v) is 14.0. The lowest BCUT2D eigenvalue weighted by Crippen LogP contribution is -2.36. The Hall–Kier alpha value is -1.65. The molecule has 114 valence electrons. The minimum Gasteiger partial charge on any atom is -0.340 e. The van der Waals surface area contributed by atoms with Gasteiger partial charge in [-0.25, -0.2) is 0 Å². The number of hydrogen-bond donors (Lipinski definition) is 1. The van der Waals surface area contributed by atoms with Crippen LogP contribution in [0.1, 0.15) is 24.1 Å². The standard InChI is InChI=1S/C17H18ClN3S/c1-12-15(18)6-4-7-16(12)20-17(22)21(14-8-9-14)11-13-5-2-3-10-19-13/h2-7,10,14H,8-9,11H2,1H3,(H,20,22). The van der Waals surface area contributed by atoms with Crippen LogP contribution in [0.2, 0.25) is 5.02 Å². The van der Waals surface area contributed by atoms with E-state index in [-0.39, 0.29) is 0 Å². The molecular formula is C17H18ClN3S. The molecule has 0 amide bonds. The normalized spacial score (nSPS) is 13.7. The van der Waals surface area contributed by atoms with E-state index in [4.69, 9.17) is 23.8 Å². The zero-order valence-electron chi connectivity index (χ0n) is 12.4. The number of halogens is 1. The predicted molar refractivity (Wildman–Crippen MR) is 95.2 cm³/mol. The van der Waals surface area contributed by atoms with Crippen molar-refractivity contribution in [3.63, 3.8) is 0 Å². The van der Waals surface area contributed by atoms with Gasteiger partial charge in [0.2, 0.25) is 0 Å². The summed E-state index contributed by atoms with van der Waals surface area (Å²) in [5.74, 6) is 0. The van der Waals surface area contributed by atoms with E-state index in [9.17, 15) is 0 Å². The molecule has 3 rings (SSSR count). The number of thiocarbonyl (C=S) groups is 1. The number of hydrogen-bond acceptors (Lipinski definition) is 2. The predicted octanol–water partition coefficient (Wildman–Crippen LogP) is 4.40. The molecule has 2 aromatic rings. The lowest BCUT2D eigenvalue weighted by Gasteiger charge is -2.26. The van der Waals surface area contributed by atoms with Crippen LogP contribution in [0.4, 0.5) is 5.69 Å². The third-order valence-electron chi connectivity index (χ3n) is 3.82. The van der Waals surface area contributed by atoms with Crippen LogP contribution in [0.15, 0.2) is 42.6 Å². The van der Waals surface area contributed by atoms with E-state index in [2.05, 4.69) is 15.2 Å². The van der Waals surface area contributed by atoms with Crippen LogP contribution in [0.5, 0.6) is 0 Å². The van der Waals surface area contributed by atoms with Gasteiger partial charge in [0.25, 0.3) is 0 Å². The van der Waals surface area contributed by atoms with Gasteiger partial charge in [0.1, 0.15) is 0 Å². The van der Waals surface area contributed by atoms with Gasteiger partial charge in [-0.05, 0) is 61.8 Å². The second-order valence-corrected chi connectivity index (χ2v) is 6.32. The van der Waals surface area contributed by atoms with E-state index in [1.807, 2.05) is 49.5 Å². The van der Waals surface area contributed by atoms with E-state index < -0.39 is 0 Å². The smallest absolute Gasteiger partial charge is 0.174 e. The number of benzene rings is 1. The number of rotatable bonds is 4. The van der Waals surface area contributed by atoms with E-state index in [0.717, 1.165) is 33.6 Å². The molecule has 0 saturated heterocycles.